The molecule has 1 heterocycles. The molecule has 0 saturated heterocycles. The van der Waals surface area contributed by atoms with Gasteiger partial charge in [-0.1, -0.05) is 72.3 Å². The van der Waals surface area contributed by atoms with Gasteiger partial charge in [0, 0.05) is 11.3 Å². The summed E-state index contributed by atoms with van der Waals surface area (Å²) in [7, 11) is 0. The maximum absolute atomic E-state index is 3.82. The molecule has 0 saturated carbocycles. The number of hydrogen-bond donors (Lipinski definition) is 1. The first-order chi connectivity index (χ1) is 11.2. The summed E-state index contributed by atoms with van der Waals surface area (Å²) in [6.45, 7) is 4.47. The van der Waals surface area contributed by atoms with Crippen molar-refractivity contribution >= 4 is 5.69 Å². The third-order valence-corrected chi connectivity index (χ3v) is 4.84. The first-order valence-electron chi connectivity index (χ1n) is 8.18. The lowest BCUT2D eigenvalue weighted by atomic mass is 9.84. The van der Waals surface area contributed by atoms with Crippen molar-refractivity contribution in [1.82, 2.24) is 0 Å². The molecule has 3 aromatic rings. The molecule has 1 N–H and O–H groups in total. The Labute approximate surface area is 138 Å². The van der Waals surface area contributed by atoms with Gasteiger partial charge in [0.15, 0.2) is 0 Å². The number of hydrogen-bond acceptors (Lipinski definition) is 1. The van der Waals surface area contributed by atoms with Crippen LogP contribution in [0.2, 0.25) is 0 Å². The molecule has 1 heteroatoms. The number of rotatable bonds is 1. The van der Waals surface area contributed by atoms with Crippen molar-refractivity contribution in [2.45, 2.75) is 25.8 Å². The normalized spacial score (nSPS) is 19.2. The molecule has 1 nitrogen and oxygen atoms in total. The zero-order valence-corrected chi connectivity index (χ0v) is 13.6. The Hall–Kier alpha value is -2.54. The Bertz CT molecular complexity index is 851. The molecule has 1 aliphatic rings. The van der Waals surface area contributed by atoms with Crippen molar-refractivity contribution < 1.29 is 0 Å². The molecule has 3 aromatic carbocycles. The van der Waals surface area contributed by atoms with E-state index in [2.05, 4.69) is 92.0 Å². The van der Waals surface area contributed by atoms with E-state index in [4.69, 9.17) is 0 Å². The Morgan fingerprint density at radius 2 is 1.57 bits per heavy atom. The summed E-state index contributed by atoms with van der Waals surface area (Å²) in [5.74, 6) is 0. The number of fused-ring (bicyclic) bond motifs is 3. The molecule has 1 aliphatic heterocycles. The van der Waals surface area contributed by atoms with E-state index in [1.54, 1.807) is 0 Å². The van der Waals surface area contributed by atoms with Crippen LogP contribution < -0.4 is 5.32 Å². The fourth-order valence-electron chi connectivity index (χ4n) is 3.66. The summed E-state index contributed by atoms with van der Waals surface area (Å²) >= 11 is 0. The molecule has 0 aliphatic carbocycles. The van der Waals surface area contributed by atoms with Gasteiger partial charge in [-0.15, -0.1) is 0 Å². The molecule has 0 amide bonds. The van der Waals surface area contributed by atoms with Gasteiger partial charge in [-0.05, 0) is 43.0 Å². The van der Waals surface area contributed by atoms with Crippen LogP contribution in [-0.2, 0) is 12.0 Å². The fraction of sp³-hybridized carbons (Fsp3) is 0.182. The number of nitrogens with one attached hydrogen (secondary N) is 1. The second-order valence-corrected chi connectivity index (χ2v) is 6.71. The molecule has 0 spiro atoms. The average Bonchev–Trinajstić information content (AvgIpc) is 2.69. The van der Waals surface area contributed by atoms with Gasteiger partial charge in [-0.25, -0.2) is 0 Å². The number of aryl methyl sites for hydroxylation is 1. The molecular weight excluding hydrogens is 278 g/mol. The molecule has 0 bridgehead atoms. The molecule has 0 aromatic heterocycles. The van der Waals surface area contributed by atoms with Crippen LogP contribution in [0.15, 0.2) is 72.8 Å². The zero-order chi connectivity index (χ0) is 15.9. The van der Waals surface area contributed by atoms with Crippen molar-refractivity contribution in [2.24, 2.45) is 0 Å². The number of anilines is 1. The predicted octanol–water partition coefficient (Wildman–Crippen LogP) is 5.55. The molecule has 114 valence electrons. The average molecular weight is 299 g/mol. The van der Waals surface area contributed by atoms with Crippen molar-refractivity contribution in [1.29, 1.82) is 0 Å². The van der Waals surface area contributed by atoms with E-state index in [1.165, 1.54) is 33.5 Å². The lowest BCUT2D eigenvalue weighted by Crippen LogP contribution is -2.33. The second-order valence-electron chi connectivity index (χ2n) is 6.71. The van der Waals surface area contributed by atoms with E-state index < -0.39 is 0 Å². The molecule has 4 rings (SSSR count). The minimum absolute atomic E-state index is 0.115. The largest absolute Gasteiger partial charge is 0.375 e. The SMILES string of the molecule is Cc1ccc2c(c1)CC(C)(c1ccccc1)Nc1ccccc1-2. The van der Waals surface area contributed by atoms with Gasteiger partial charge in [-0.3, -0.25) is 0 Å². The van der Waals surface area contributed by atoms with E-state index in [9.17, 15) is 0 Å². The maximum atomic E-state index is 3.82. The summed E-state index contributed by atoms with van der Waals surface area (Å²) in [6, 6.07) is 26.2. The highest BCUT2D eigenvalue weighted by Crippen LogP contribution is 2.41. The van der Waals surface area contributed by atoms with Crippen LogP contribution in [0.5, 0.6) is 0 Å². The van der Waals surface area contributed by atoms with E-state index >= 15 is 0 Å². The van der Waals surface area contributed by atoms with Gasteiger partial charge in [0.05, 0.1) is 5.54 Å². The fourth-order valence-corrected chi connectivity index (χ4v) is 3.66. The van der Waals surface area contributed by atoms with Crippen LogP contribution in [0.25, 0.3) is 11.1 Å². The van der Waals surface area contributed by atoms with Crippen LogP contribution in [0, 0.1) is 6.92 Å². The lowest BCUT2D eigenvalue weighted by molar-refractivity contribution is 0.543. The van der Waals surface area contributed by atoms with Crippen molar-refractivity contribution in [3.63, 3.8) is 0 Å². The predicted molar refractivity (Wildman–Crippen MR) is 97.7 cm³/mol. The highest BCUT2D eigenvalue weighted by atomic mass is 15.0. The molecule has 0 fully saturated rings. The van der Waals surface area contributed by atoms with Gasteiger partial charge in [0.1, 0.15) is 0 Å². The Morgan fingerprint density at radius 3 is 2.39 bits per heavy atom. The van der Waals surface area contributed by atoms with E-state index in [-0.39, 0.29) is 5.54 Å². The second kappa shape index (κ2) is 5.27. The van der Waals surface area contributed by atoms with Gasteiger partial charge in [0.25, 0.3) is 0 Å². The molecule has 0 radical (unpaired) electrons. The van der Waals surface area contributed by atoms with Crippen LogP contribution in [-0.4, -0.2) is 0 Å². The minimum atomic E-state index is -0.115. The first-order valence-corrected chi connectivity index (χ1v) is 8.18. The van der Waals surface area contributed by atoms with Gasteiger partial charge in [0.2, 0.25) is 0 Å². The molecule has 1 unspecified atom stereocenters. The summed E-state index contributed by atoms with van der Waals surface area (Å²) in [5.41, 5.74) is 7.79. The third kappa shape index (κ3) is 2.43. The Morgan fingerprint density at radius 1 is 0.826 bits per heavy atom. The smallest absolute Gasteiger partial charge is 0.0637 e. The van der Waals surface area contributed by atoms with Crippen LogP contribution in [0.3, 0.4) is 0 Å². The molecule has 23 heavy (non-hydrogen) atoms. The minimum Gasteiger partial charge on any atom is -0.375 e. The van der Waals surface area contributed by atoms with E-state index in [0.29, 0.717) is 0 Å². The number of benzene rings is 3. The monoisotopic (exact) mass is 299 g/mol. The standard InChI is InChI=1S/C22H21N/c1-16-12-13-19-17(14-16)15-22(2,18-8-4-3-5-9-18)23-21-11-7-6-10-20(19)21/h3-14,23H,15H2,1-2H3. The molecule has 1 atom stereocenters. The quantitative estimate of drug-likeness (QED) is 0.621. The van der Waals surface area contributed by atoms with Gasteiger partial charge >= 0.3 is 0 Å². The summed E-state index contributed by atoms with van der Waals surface area (Å²) in [5, 5.41) is 3.82. The Kier molecular flexibility index (Phi) is 3.23. The van der Waals surface area contributed by atoms with E-state index in [0.717, 1.165) is 6.42 Å². The van der Waals surface area contributed by atoms with Gasteiger partial charge < -0.3 is 5.32 Å². The highest BCUT2D eigenvalue weighted by Gasteiger charge is 2.31. The van der Waals surface area contributed by atoms with Crippen molar-refractivity contribution in [3.8, 4) is 11.1 Å². The summed E-state index contributed by atoms with van der Waals surface area (Å²) in [6.07, 6.45) is 0.975. The first kappa shape index (κ1) is 14.1. The lowest BCUT2D eigenvalue weighted by Gasteiger charge is -2.32. The van der Waals surface area contributed by atoms with Gasteiger partial charge in [-0.2, -0.15) is 0 Å². The number of para-hydroxylation sites is 1. The topological polar surface area (TPSA) is 12.0 Å². The van der Waals surface area contributed by atoms with Crippen molar-refractivity contribution in [2.75, 3.05) is 5.32 Å². The van der Waals surface area contributed by atoms with Crippen molar-refractivity contribution in [3.05, 3.63) is 89.5 Å². The molecular formula is C22H21N. The summed E-state index contributed by atoms with van der Waals surface area (Å²) in [4.78, 5) is 0. The maximum Gasteiger partial charge on any atom is 0.0637 e. The van der Waals surface area contributed by atoms with E-state index in [1.807, 2.05) is 0 Å². The van der Waals surface area contributed by atoms with Crippen LogP contribution in [0.4, 0.5) is 5.69 Å². The Balaban J connectivity index is 1.95. The van der Waals surface area contributed by atoms with Crippen LogP contribution in [0.1, 0.15) is 23.6 Å². The van der Waals surface area contributed by atoms with Crippen LogP contribution >= 0.6 is 0 Å². The zero-order valence-electron chi connectivity index (χ0n) is 13.6. The summed E-state index contributed by atoms with van der Waals surface area (Å²) < 4.78 is 0. The third-order valence-electron chi connectivity index (χ3n) is 4.84. The highest BCUT2D eigenvalue weighted by molar-refractivity contribution is 5.82.